The molecule has 0 amide bonds. The molecule has 1 aliphatic heterocycles. The summed E-state index contributed by atoms with van der Waals surface area (Å²) in [5.41, 5.74) is -1.27. The van der Waals surface area contributed by atoms with Crippen molar-refractivity contribution >= 4 is 22.6 Å². The molecule has 0 radical (unpaired) electrons. The summed E-state index contributed by atoms with van der Waals surface area (Å²) in [6.07, 6.45) is -0.905. The maximum atomic E-state index is 13.9. The van der Waals surface area contributed by atoms with Gasteiger partial charge in [-0.15, -0.1) is 0 Å². The van der Waals surface area contributed by atoms with E-state index < -0.39 is 28.9 Å². The van der Waals surface area contributed by atoms with Crippen molar-refractivity contribution in [2.75, 3.05) is 13.1 Å². The van der Waals surface area contributed by atoms with E-state index in [1.807, 2.05) is 0 Å². The zero-order valence-corrected chi connectivity index (χ0v) is 17.8. The second-order valence-electron chi connectivity index (χ2n) is 7.88. The van der Waals surface area contributed by atoms with Gasteiger partial charge in [-0.05, 0) is 43.9 Å². The minimum Gasteiger partial charge on any atom is -0.872 e. The number of nitrogens with one attached hydrogen (secondary N) is 1. The number of likely N-dealkylation sites (tertiary alicyclic amines) is 1. The number of halogens is 4. The van der Waals surface area contributed by atoms with E-state index in [9.17, 15) is 23.1 Å². The molecule has 1 saturated heterocycles. The molecule has 0 spiro atoms. The molecule has 4 rings (SSSR count). The number of quaternary nitrogens is 1. The van der Waals surface area contributed by atoms with Gasteiger partial charge in [0.05, 0.1) is 23.5 Å². The molecule has 1 aromatic heterocycles. The van der Waals surface area contributed by atoms with Gasteiger partial charge in [-0.25, -0.2) is 0 Å². The molecule has 0 atom stereocenters. The highest BCUT2D eigenvalue weighted by molar-refractivity contribution is 6.32. The highest BCUT2D eigenvalue weighted by Crippen LogP contribution is 2.40. The average molecular weight is 468 g/mol. The summed E-state index contributed by atoms with van der Waals surface area (Å²) in [6.45, 7) is 1.81. The number of ether oxygens (including phenoxy) is 1. The average Bonchev–Trinajstić information content (AvgIpc) is 3.01. The smallest absolute Gasteiger partial charge is 0.453 e. The van der Waals surface area contributed by atoms with Gasteiger partial charge in [0.2, 0.25) is 11.2 Å². The number of fused-ring (bicyclic) bond motifs is 1. The molecule has 1 aliphatic rings. The molecule has 170 valence electrons. The van der Waals surface area contributed by atoms with E-state index in [2.05, 4.69) is 0 Å². The first kappa shape index (κ1) is 22.5. The van der Waals surface area contributed by atoms with Crippen LogP contribution in [0.25, 0.3) is 11.0 Å². The summed E-state index contributed by atoms with van der Waals surface area (Å²) in [5.74, 6) is -3.16. The van der Waals surface area contributed by atoms with Crippen molar-refractivity contribution in [2.45, 2.75) is 38.4 Å². The van der Waals surface area contributed by atoms with Gasteiger partial charge in [-0.2, -0.15) is 13.2 Å². The Morgan fingerprint density at radius 2 is 1.75 bits per heavy atom. The van der Waals surface area contributed by atoms with E-state index in [-0.39, 0.29) is 33.8 Å². The third-order valence-electron chi connectivity index (χ3n) is 5.62. The molecule has 0 saturated carbocycles. The number of hydrogen-bond donors (Lipinski definition) is 1. The van der Waals surface area contributed by atoms with Gasteiger partial charge in [-0.1, -0.05) is 35.5 Å². The van der Waals surface area contributed by atoms with E-state index in [0.29, 0.717) is 0 Å². The molecule has 0 unspecified atom stereocenters. The van der Waals surface area contributed by atoms with Crippen molar-refractivity contribution in [3.63, 3.8) is 0 Å². The van der Waals surface area contributed by atoms with Crippen molar-refractivity contribution in [2.24, 2.45) is 0 Å². The summed E-state index contributed by atoms with van der Waals surface area (Å²) in [5, 5.41) is 12.5. The largest absolute Gasteiger partial charge is 0.872 e. The van der Waals surface area contributed by atoms with Crippen molar-refractivity contribution in [1.29, 1.82) is 0 Å². The lowest BCUT2D eigenvalue weighted by atomic mass is 10.1. The Labute approximate surface area is 187 Å². The molecule has 3 aromatic rings. The molecule has 9 heteroatoms. The van der Waals surface area contributed by atoms with Gasteiger partial charge in [0.25, 0.3) is 5.76 Å². The Bertz CT molecular complexity index is 1180. The van der Waals surface area contributed by atoms with Crippen molar-refractivity contribution < 1.29 is 32.3 Å². The van der Waals surface area contributed by atoms with Crippen LogP contribution in [0.3, 0.4) is 0 Å². The summed E-state index contributed by atoms with van der Waals surface area (Å²) in [4.78, 5) is 14.2. The predicted octanol–water partition coefficient (Wildman–Crippen LogP) is 4.29. The minimum atomic E-state index is -5.02. The SMILES string of the molecule is O=c1c(Oc2ccccc2Cl)c(C(F)(F)F)oc2c(C[NH+]3CCCCCC3)c([O-])ccc12. The van der Waals surface area contributed by atoms with Crippen LogP contribution in [-0.2, 0) is 12.7 Å². The van der Waals surface area contributed by atoms with Gasteiger partial charge in [0.1, 0.15) is 17.9 Å². The lowest BCUT2D eigenvalue weighted by molar-refractivity contribution is -0.913. The zero-order chi connectivity index (χ0) is 22.9. The number of benzene rings is 2. The Balaban J connectivity index is 1.87. The van der Waals surface area contributed by atoms with E-state index in [1.54, 1.807) is 6.07 Å². The van der Waals surface area contributed by atoms with Crippen LogP contribution in [0.15, 0.2) is 45.6 Å². The fraction of sp³-hybridized carbons (Fsp3) is 0.348. The number of rotatable bonds is 4. The predicted molar refractivity (Wildman–Crippen MR) is 111 cm³/mol. The van der Waals surface area contributed by atoms with Crippen LogP contribution in [-0.4, -0.2) is 13.1 Å². The van der Waals surface area contributed by atoms with Crippen LogP contribution in [0.2, 0.25) is 5.02 Å². The highest BCUT2D eigenvalue weighted by atomic mass is 35.5. The molecular formula is C23H21ClF3NO4. The lowest BCUT2D eigenvalue weighted by Crippen LogP contribution is -3.10. The van der Waals surface area contributed by atoms with E-state index >= 15 is 0 Å². The zero-order valence-electron chi connectivity index (χ0n) is 17.1. The van der Waals surface area contributed by atoms with Crippen molar-refractivity contribution in [3.8, 4) is 17.2 Å². The number of para-hydroxylation sites is 1. The van der Waals surface area contributed by atoms with Crippen LogP contribution < -0.4 is 20.2 Å². The standard InChI is InChI=1S/C23H21ClF3NO4/c24-16-7-3-4-8-18(16)31-21-19(30)14-9-10-17(29)15(13-28-11-5-1-2-6-12-28)20(14)32-22(21)23(25,26)27/h3-4,7-10,29H,1-2,5-6,11-13H2. The first-order chi connectivity index (χ1) is 15.3. The first-order valence-electron chi connectivity index (χ1n) is 10.4. The summed E-state index contributed by atoms with van der Waals surface area (Å²) < 4.78 is 52.2. The lowest BCUT2D eigenvalue weighted by Gasteiger charge is -2.22. The van der Waals surface area contributed by atoms with E-state index in [4.69, 9.17) is 20.8 Å². The monoisotopic (exact) mass is 467 g/mol. The molecule has 0 bridgehead atoms. The topological polar surface area (TPSA) is 66.9 Å². The fourth-order valence-corrected chi connectivity index (χ4v) is 4.19. The molecule has 1 fully saturated rings. The Morgan fingerprint density at radius 3 is 2.41 bits per heavy atom. The molecule has 2 heterocycles. The Morgan fingerprint density at radius 1 is 1.06 bits per heavy atom. The third-order valence-corrected chi connectivity index (χ3v) is 5.93. The van der Waals surface area contributed by atoms with Gasteiger partial charge >= 0.3 is 6.18 Å². The Kier molecular flexibility index (Phi) is 6.35. The summed E-state index contributed by atoms with van der Waals surface area (Å²) in [7, 11) is 0. The molecular weight excluding hydrogens is 447 g/mol. The van der Waals surface area contributed by atoms with Gasteiger partial charge in [0.15, 0.2) is 0 Å². The van der Waals surface area contributed by atoms with Crippen LogP contribution in [0.5, 0.6) is 17.2 Å². The maximum absolute atomic E-state index is 13.9. The molecule has 1 N–H and O–H groups in total. The van der Waals surface area contributed by atoms with Gasteiger partial charge in [-0.3, -0.25) is 4.79 Å². The number of alkyl halides is 3. The van der Waals surface area contributed by atoms with E-state index in [1.165, 1.54) is 30.3 Å². The Hall–Kier alpha value is -2.71. The second-order valence-corrected chi connectivity index (χ2v) is 8.29. The van der Waals surface area contributed by atoms with Crippen molar-refractivity contribution in [1.82, 2.24) is 0 Å². The maximum Gasteiger partial charge on any atom is 0.453 e. The number of hydrogen-bond acceptors (Lipinski definition) is 4. The van der Waals surface area contributed by atoms with Gasteiger partial charge < -0.3 is 19.2 Å². The fourth-order valence-electron chi connectivity index (χ4n) is 4.02. The van der Waals surface area contributed by atoms with E-state index in [0.717, 1.165) is 43.7 Å². The molecule has 0 aliphatic carbocycles. The first-order valence-corrected chi connectivity index (χ1v) is 10.8. The quantitative estimate of drug-likeness (QED) is 0.621. The minimum absolute atomic E-state index is 0.0421. The van der Waals surface area contributed by atoms with Crippen LogP contribution in [0.4, 0.5) is 13.2 Å². The normalized spacial score (nSPS) is 15.6. The molecule has 2 aromatic carbocycles. The molecule has 5 nitrogen and oxygen atoms in total. The summed E-state index contributed by atoms with van der Waals surface area (Å²) >= 11 is 6.00. The third kappa shape index (κ3) is 4.56. The second kappa shape index (κ2) is 9.03. The summed E-state index contributed by atoms with van der Waals surface area (Å²) in [6, 6.07) is 8.25. The molecule has 32 heavy (non-hydrogen) atoms. The van der Waals surface area contributed by atoms with Crippen molar-refractivity contribution in [3.05, 3.63) is 63.0 Å². The van der Waals surface area contributed by atoms with Gasteiger partial charge in [0, 0.05) is 5.56 Å². The van der Waals surface area contributed by atoms with Crippen LogP contribution >= 0.6 is 11.6 Å². The van der Waals surface area contributed by atoms with Crippen LogP contribution in [0, 0.1) is 0 Å². The highest BCUT2D eigenvalue weighted by Gasteiger charge is 2.41. The van der Waals surface area contributed by atoms with Crippen LogP contribution in [0.1, 0.15) is 37.0 Å².